The molecule has 5 heteroatoms. The van der Waals surface area contributed by atoms with E-state index < -0.39 is 0 Å². The van der Waals surface area contributed by atoms with E-state index in [1.54, 1.807) is 0 Å². The molecule has 1 N–H and O–H groups in total. The molecule has 0 saturated carbocycles. The Bertz CT molecular complexity index is 918. The zero-order valence-electron chi connectivity index (χ0n) is 16.2. The molecule has 0 bridgehead atoms. The number of hydrogen-bond acceptors (Lipinski definition) is 3. The summed E-state index contributed by atoms with van der Waals surface area (Å²) < 4.78 is 1.81. The van der Waals surface area contributed by atoms with Crippen molar-refractivity contribution in [2.45, 2.75) is 12.8 Å². The van der Waals surface area contributed by atoms with Gasteiger partial charge in [-0.05, 0) is 44.5 Å². The molecule has 28 heavy (non-hydrogen) atoms. The van der Waals surface area contributed by atoms with Crippen molar-refractivity contribution in [3.63, 3.8) is 0 Å². The largest absolute Gasteiger partial charge is 0.338 e. The fourth-order valence-electron chi connectivity index (χ4n) is 3.93. The van der Waals surface area contributed by atoms with E-state index in [0.29, 0.717) is 11.5 Å². The van der Waals surface area contributed by atoms with Gasteiger partial charge in [0.05, 0.1) is 11.3 Å². The van der Waals surface area contributed by atoms with Gasteiger partial charge in [-0.25, -0.2) is 4.68 Å². The molecule has 1 fully saturated rings. The minimum absolute atomic E-state index is 0.0711. The Balaban J connectivity index is 1.70. The monoisotopic (exact) mass is 374 g/mol. The van der Waals surface area contributed by atoms with E-state index in [-0.39, 0.29) is 5.91 Å². The molecular weight excluding hydrogens is 348 g/mol. The molecule has 0 aliphatic carbocycles. The van der Waals surface area contributed by atoms with Crippen LogP contribution in [0.4, 0.5) is 0 Å². The second-order valence-corrected chi connectivity index (χ2v) is 7.35. The average Bonchev–Trinajstić information content (AvgIpc) is 3.20. The number of amides is 1. The van der Waals surface area contributed by atoms with Crippen LogP contribution in [0.3, 0.4) is 0 Å². The fraction of sp³-hybridized carbons (Fsp3) is 0.304. The van der Waals surface area contributed by atoms with Crippen molar-refractivity contribution in [2.75, 3.05) is 26.7 Å². The van der Waals surface area contributed by atoms with Crippen LogP contribution in [-0.4, -0.2) is 47.3 Å². The molecule has 3 aromatic rings. The summed E-state index contributed by atoms with van der Waals surface area (Å²) in [6.45, 7) is 2.55. The van der Waals surface area contributed by atoms with Gasteiger partial charge < -0.3 is 10.2 Å². The van der Waals surface area contributed by atoms with Crippen LogP contribution in [0.1, 0.15) is 23.2 Å². The molecule has 2 heterocycles. The maximum Gasteiger partial charge on any atom is 0.257 e. The highest BCUT2D eigenvalue weighted by Gasteiger charge is 2.27. The van der Waals surface area contributed by atoms with Crippen molar-refractivity contribution in [2.24, 2.45) is 5.92 Å². The first-order valence-electron chi connectivity index (χ1n) is 9.90. The highest BCUT2D eigenvalue weighted by molar-refractivity contribution is 6.00. The van der Waals surface area contributed by atoms with Gasteiger partial charge in [0.15, 0.2) is 0 Å². The number of hydrogen-bond donors (Lipinski definition) is 1. The number of aromatic nitrogens is 2. The molecule has 1 aliphatic rings. The molecule has 1 amide bonds. The molecule has 5 nitrogen and oxygen atoms in total. The lowest BCUT2D eigenvalue weighted by atomic mass is 9.97. The summed E-state index contributed by atoms with van der Waals surface area (Å²) in [5.74, 6) is 0.578. The van der Waals surface area contributed by atoms with Crippen molar-refractivity contribution < 1.29 is 4.79 Å². The van der Waals surface area contributed by atoms with Crippen molar-refractivity contribution in [3.8, 4) is 16.9 Å². The molecule has 1 saturated heterocycles. The third-order valence-corrected chi connectivity index (χ3v) is 5.31. The number of rotatable bonds is 5. The first-order chi connectivity index (χ1) is 13.8. The number of para-hydroxylation sites is 1. The van der Waals surface area contributed by atoms with Gasteiger partial charge in [0.1, 0.15) is 5.69 Å². The van der Waals surface area contributed by atoms with E-state index in [0.717, 1.165) is 43.0 Å². The maximum atomic E-state index is 13.4. The van der Waals surface area contributed by atoms with E-state index in [9.17, 15) is 4.79 Å². The number of carbonyl (C=O) groups is 1. The summed E-state index contributed by atoms with van der Waals surface area (Å²) in [7, 11) is 1.97. The van der Waals surface area contributed by atoms with Gasteiger partial charge in [-0.3, -0.25) is 4.79 Å². The van der Waals surface area contributed by atoms with Gasteiger partial charge in [0.2, 0.25) is 0 Å². The number of nitrogens with zero attached hydrogens (tertiary/aromatic N) is 3. The molecule has 1 aliphatic heterocycles. The molecule has 1 atom stereocenters. The van der Waals surface area contributed by atoms with Crippen LogP contribution < -0.4 is 5.32 Å². The first kappa shape index (κ1) is 18.4. The van der Waals surface area contributed by atoms with E-state index in [2.05, 4.69) is 5.32 Å². The highest BCUT2D eigenvalue weighted by atomic mass is 16.2. The molecule has 4 rings (SSSR count). The highest BCUT2D eigenvalue weighted by Crippen LogP contribution is 2.26. The van der Waals surface area contributed by atoms with Gasteiger partial charge in [-0.15, -0.1) is 0 Å². The van der Waals surface area contributed by atoms with Gasteiger partial charge in [0.25, 0.3) is 5.91 Å². The third kappa shape index (κ3) is 3.85. The molecule has 1 unspecified atom stereocenters. The Labute approximate surface area is 166 Å². The van der Waals surface area contributed by atoms with E-state index in [4.69, 9.17) is 5.10 Å². The van der Waals surface area contributed by atoms with Crippen molar-refractivity contribution >= 4 is 5.91 Å². The predicted octanol–water partition coefficient (Wildman–Crippen LogP) is 3.61. The molecular formula is C23H26N4O. The summed E-state index contributed by atoms with van der Waals surface area (Å²) >= 11 is 0. The average molecular weight is 374 g/mol. The summed E-state index contributed by atoms with van der Waals surface area (Å²) in [5.41, 5.74) is 3.32. The zero-order valence-corrected chi connectivity index (χ0v) is 16.2. The van der Waals surface area contributed by atoms with Crippen LogP contribution in [0.2, 0.25) is 0 Å². The number of piperidine rings is 1. The molecule has 144 valence electrons. The van der Waals surface area contributed by atoms with E-state index in [1.807, 2.05) is 83.5 Å². The van der Waals surface area contributed by atoms with Gasteiger partial charge in [-0.1, -0.05) is 48.5 Å². The number of benzene rings is 2. The summed E-state index contributed by atoms with van der Waals surface area (Å²) in [6.07, 6.45) is 4.09. The fourth-order valence-corrected chi connectivity index (χ4v) is 3.93. The van der Waals surface area contributed by atoms with E-state index >= 15 is 0 Å². The molecule has 0 radical (unpaired) electrons. The Hall–Kier alpha value is -2.92. The van der Waals surface area contributed by atoms with Crippen LogP contribution in [0, 0.1) is 5.92 Å². The van der Waals surface area contributed by atoms with Gasteiger partial charge in [-0.2, -0.15) is 5.10 Å². The Kier molecular flexibility index (Phi) is 5.53. The smallest absolute Gasteiger partial charge is 0.257 e. The lowest BCUT2D eigenvalue weighted by molar-refractivity contribution is 0.0675. The molecule has 1 aromatic heterocycles. The van der Waals surface area contributed by atoms with Crippen LogP contribution >= 0.6 is 0 Å². The normalized spacial score (nSPS) is 16.9. The SMILES string of the molecule is CNCC1CCCN(C(=O)c2cn(-c3ccccc3)nc2-c2ccccc2)C1. The van der Waals surface area contributed by atoms with Crippen molar-refractivity contribution in [3.05, 3.63) is 72.4 Å². The quantitative estimate of drug-likeness (QED) is 0.742. The Morgan fingerprint density at radius 2 is 1.82 bits per heavy atom. The zero-order chi connectivity index (χ0) is 19.3. The Morgan fingerprint density at radius 3 is 2.54 bits per heavy atom. The van der Waals surface area contributed by atoms with Gasteiger partial charge >= 0.3 is 0 Å². The van der Waals surface area contributed by atoms with E-state index in [1.165, 1.54) is 6.42 Å². The summed E-state index contributed by atoms with van der Waals surface area (Å²) in [4.78, 5) is 15.4. The lowest BCUT2D eigenvalue weighted by Gasteiger charge is -2.32. The number of carbonyl (C=O) groups excluding carboxylic acids is 1. The summed E-state index contributed by atoms with van der Waals surface area (Å²) in [6, 6.07) is 19.9. The minimum Gasteiger partial charge on any atom is -0.338 e. The van der Waals surface area contributed by atoms with Crippen molar-refractivity contribution in [1.29, 1.82) is 0 Å². The minimum atomic E-state index is 0.0711. The molecule has 2 aromatic carbocycles. The van der Waals surface area contributed by atoms with Crippen LogP contribution in [0.5, 0.6) is 0 Å². The maximum absolute atomic E-state index is 13.4. The first-order valence-corrected chi connectivity index (χ1v) is 9.90. The number of likely N-dealkylation sites (tertiary alicyclic amines) is 1. The topological polar surface area (TPSA) is 50.2 Å². The van der Waals surface area contributed by atoms with Crippen LogP contribution in [-0.2, 0) is 0 Å². The Morgan fingerprint density at radius 1 is 1.11 bits per heavy atom. The second kappa shape index (κ2) is 8.40. The third-order valence-electron chi connectivity index (χ3n) is 5.31. The second-order valence-electron chi connectivity index (χ2n) is 7.35. The van der Waals surface area contributed by atoms with Crippen LogP contribution in [0.25, 0.3) is 16.9 Å². The number of nitrogens with one attached hydrogen (secondary N) is 1. The lowest BCUT2D eigenvalue weighted by Crippen LogP contribution is -2.42. The predicted molar refractivity (Wildman–Crippen MR) is 112 cm³/mol. The standard InChI is InChI=1S/C23H26N4O/c1-24-15-18-9-8-14-26(16-18)23(28)21-17-27(20-12-6-3-7-13-20)25-22(21)19-10-4-2-5-11-19/h2-7,10-13,17-18,24H,8-9,14-16H2,1H3. The molecule has 0 spiro atoms. The summed E-state index contributed by atoms with van der Waals surface area (Å²) in [5, 5.41) is 8.02. The van der Waals surface area contributed by atoms with Crippen LogP contribution in [0.15, 0.2) is 66.9 Å². The van der Waals surface area contributed by atoms with Gasteiger partial charge in [0, 0.05) is 24.8 Å². The van der Waals surface area contributed by atoms with Crippen molar-refractivity contribution in [1.82, 2.24) is 20.0 Å².